The van der Waals surface area contributed by atoms with Crippen LogP contribution in [0.3, 0.4) is 0 Å². The lowest BCUT2D eigenvalue weighted by Gasteiger charge is -2.35. The van der Waals surface area contributed by atoms with E-state index < -0.39 is 41.7 Å². The number of hydrogen-bond donors (Lipinski definition) is 3. The van der Waals surface area contributed by atoms with Crippen molar-refractivity contribution in [3.8, 4) is 0 Å². The number of nitrogens with zero attached hydrogens (tertiary/aromatic N) is 2. The third-order valence-corrected chi connectivity index (χ3v) is 6.82. The highest BCUT2D eigenvalue weighted by Crippen LogP contribution is 2.20. The van der Waals surface area contributed by atoms with E-state index in [1.54, 1.807) is 6.92 Å². The molecule has 1 saturated heterocycles. The summed E-state index contributed by atoms with van der Waals surface area (Å²) in [6.45, 7) is 13.0. The van der Waals surface area contributed by atoms with Gasteiger partial charge in [0.05, 0.1) is 22.9 Å². The predicted octanol–water partition coefficient (Wildman–Crippen LogP) is 3.19. The second-order valence-electron chi connectivity index (χ2n) is 11.6. The van der Waals surface area contributed by atoms with Crippen LogP contribution >= 0.6 is 0 Å². The van der Waals surface area contributed by atoms with Crippen molar-refractivity contribution in [2.75, 3.05) is 6.54 Å². The number of nitrogens with one attached hydrogen (secondary N) is 3. The zero-order chi connectivity index (χ0) is 31.0. The fourth-order valence-electron chi connectivity index (χ4n) is 4.87. The van der Waals surface area contributed by atoms with Gasteiger partial charge in [0.1, 0.15) is 18.2 Å². The molecule has 0 bridgehead atoms. The zero-order valence-corrected chi connectivity index (χ0v) is 25.5. The predicted molar refractivity (Wildman–Crippen MR) is 160 cm³/mol. The van der Waals surface area contributed by atoms with E-state index >= 15 is 0 Å². The van der Waals surface area contributed by atoms with Crippen LogP contribution < -0.4 is 16.1 Å². The first kappa shape index (κ1) is 32.7. The number of benzene rings is 1. The van der Waals surface area contributed by atoms with Gasteiger partial charge in [-0.25, -0.2) is 5.43 Å². The van der Waals surface area contributed by atoms with Crippen LogP contribution in [0, 0.1) is 0 Å². The summed E-state index contributed by atoms with van der Waals surface area (Å²) in [7, 11) is 0. The van der Waals surface area contributed by atoms with E-state index in [9.17, 15) is 19.2 Å². The molecule has 3 N–H and O–H groups in total. The molecule has 5 atom stereocenters. The Hall–Kier alpha value is -3.83. The van der Waals surface area contributed by atoms with Gasteiger partial charge in [0.2, 0.25) is 12.0 Å². The van der Waals surface area contributed by atoms with E-state index in [4.69, 9.17) is 14.5 Å². The summed E-state index contributed by atoms with van der Waals surface area (Å²) in [6.07, 6.45) is 3.14. The largest absolute Gasteiger partial charge is 0.452 e. The summed E-state index contributed by atoms with van der Waals surface area (Å²) in [6, 6.07) is 7.99. The number of fused-ring (bicyclic) bond motifs is 1. The molecule has 3 amide bonds. The normalized spacial score (nSPS) is 18.6. The minimum atomic E-state index is -1.23. The molecule has 42 heavy (non-hydrogen) atoms. The highest BCUT2D eigenvalue weighted by molar-refractivity contribution is 5.90. The molecule has 1 aliphatic rings. The molecule has 1 aromatic carbocycles. The summed E-state index contributed by atoms with van der Waals surface area (Å²) in [5.74, 6) is -1.33. The van der Waals surface area contributed by atoms with Gasteiger partial charge in [0.15, 0.2) is 0 Å². The molecule has 0 aliphatic carbocycles. The van der Waals surface area contributed by atoms with Crippen molar-refractivity contribution in [1.82, 2.24) is 26.1 Å². The van der Waals surface area contributed by atoms with Gasteiger partial charge in [-0.2, -0.15) is 0 Å². The average molecular weight is 582 g/mol. The Balaban J connectivity index is 1.60. The van der Waals surface area contributed by atoms with Crippen molar-refractivity contribution < 1.29 is 28.7 Å². The number of amides is 3. The summed E-state index contributed by atoms with van der Waals surface area (Å²) in [5.41, 5.74) is 5.05. The monoisotopic (exact) mass is 581 g/mol. The van der Waals surface area contributed by atoms with E-state index in [-0.39, 0.29) is 18.4 Å². The molecule has 1 aromatic heterocycles. The topological polar surface area (TPSA) is 139 Å². The van der Waals surface area contributed by atoms with E-state index in [0.717, 1.165) is 22.2 Å². The van der Waals surface area contributed by atoms with E-state index in [1.807, 2.05) is 77.1 Å². The molecule has 228 valence electrons. The second kappa shape index (κ2) is 14.4. The smallest absolute Gasteiger partial charge is 0.293 e. The number of aromatic nitrogens is 1. The van der Waals surface area contributed by atoms with Crippen molar-refractivity contribution >= 4 is 41.2 Å². The highest BCUT2D eigenvalue weighted by Gasteiger charge is 2.35. The van der Waals surface area contributed by atoms with Gasteiger partial charge in [-0.1, -0.05) is 30.4 Å². The molecule has 0 radical (unpaired) electrons. The molecule has 2 heterocycles. The standard InChI is InChI=1S/C31H43N5O6/c1-8-10-22-12-13-23-14-15-24(34-26(23)17-22)19(2)32-28(38)25-11-9-16-36(35-25)30(40)20(3)33-29(39)27(41-18-37)21(4)42-31(5,6)7/h8,10,12-15,17-21,25,27,35H,9,11,16H2,1-7H3,(H,32,38)(H,33,39)/b10-8+/t19-,20?,21?,25?,27?/m1/s1. The van der Waals surface area contributed by atoms with Crippen LogP contribution in [0.5, 0.6) is 0 Å². The Morgan fingerprint density at radius 3 is 2.50 bits per heavy atom. The van der Waals surface area contributed by atoms with Gasteiger partial charge in [-0.05, 0) is 79.0 Å². The minimum Gasteiger partial charge on any atom is -0.452 e. The lowest BCUT2D eigenvalue weighted by molar-refractivity contribution is -0.163. The Kier molecular flexibility index (Phi) is 11.2. The van der Waals surface area contributed by atoms with Crippen LogP contribution in [0.15, 0.2) is 36.4 Å². The quantitative estimate of drug-likeness (QED) is 0.344. The number of allylic oxidation sites excluding steroid dienone is 1. The fraction of sp³-hybridized carbons (Fsp3) is 0.516. The molecule has 11 heteroatoms. The van der Waals surface area contributed by atoms with E-state index in [1.165, 1.54) is 11.9 Å². The zero-order valence-electron chi connectivity index (χ0n) is 25.5. The first-order chi connectivity index (χ1) is 19.8. The maximum Gasteiger partial charge on any atom is 0.293 e. The number of rotatable bonds is 11. The molecule has 1 aliphatic heterocycles. The Morgan fingerprint density at radius 1 is 1.12 bits per heavy atom. The number of carbonyl (C=O) groups is 4. The van der Waals surface area contributed by atoms with Gasteiger partial charge < -0.3 is 20.1 Å². The Bertz CT molecular complexity index is 1310. The summed E-state index contributed by atoms with van der Waals surface area (Å²) in [5, 5.41) is 7.97. The van der Waals surface area contributed by atoms with Crippen LogP contribution in [0.1, 0.15) is 78.6 Å². The highest BCUT2D eigenvalue weighted by atomic mass is 16.6. The lowest BCUT2D eigenvalue weighted by atomic mass is 10.1. The van der Waals surface area contributed by atoms with Crippen molar-refractivity contribution in [2.45, 2.75) is 97.2 Å². The van der Waals surface area contributed by atoms with Crippen LogP contribution in [0.4, 0.5) is 0 Å². The molecular formula is C31H43N5O6. The van der Waals surface area contributed by atoms with Crippen LogP contribution in [0.25, 0.3) is 17.0 Å². The van der Waals surface area contributed by atoms with Gasteiger partial charge in [-0.15, -0.1) is 0 Å². The average Bonchev–Trinajstić information content (AvgIpc) is 2.94. The van der Waals surface area contributed by atoms with Gasteiger partial charge >= 0.3 is 0 Å². The number of ether oxygens (including phenoxy) is 2. The maximum atomic E-state index is 13.2. The molecule has 0 saturated carbocycles. The second-order valence-corrected chi connectivity index (χ2v) is 11.6. The Labute approximate surface area is 247 Å². The van der Waals surface area contributed by atoms with Crippen molar-refractivity contribution in [3.63, 3.8) is 0 Å². The van der Waals surface area contributed by atoms with Crippen molar-refractivity contribution in [1.29, 1.82) is 0 Å². The SMILES string of the molecule is C/C=C/c1ccc2ccc([C@@H](C)NC(=O)C3CCCN(C(=O)C(C)NC(=O)C(OC=O)C(C)OC(C)(C)C)N3)nc2c1. The first-order valence-corrected chi connectivity index (χ1v) is 14.3. The molecule has 4 unspecified atom stereocenters. The Morgan fingerprint density at radius 2 is 1.83 bits per heavy atom. The van der Waals surface area contributed by atoms with E-state index in [0.29, 0.717) is 19.4 Å². The lowest BCUT2D eigenvalue weighted by Crippen LogP contribution is -2.61. The van der Waals surface area contributed by atoms with E-state index in [2.05, 4.69) is 16.1 Å². The minimum absolute atomic E-state index is 0.185. The molecule has 11 nitrogen and oxygen atoms in total. The van der Waals surface area contributed by atoms with Crippen LogP contribution in [-0.2, 0) is 28.7 Å². The van der Waals surface area contributed by atoms with Gasteiger partial charge in [0.25, 0.3) is 18.3 Å². The number of pyridine rings is 1. The maximum absolute atomic E-state index is 13.2. The van der Waals surface area contributed by atoms with Crippen LogP contribution in [-0.4, -0.2) is 70.6 Å². The third-order valence-electron chi connectivity index (χ3n) is 6.82. The molecule has 3 rings (SSSR count). The molecule has 1 fully saturated rings. The van der Waals surface area contributed by atoms with Crippen LogP contribution in [0.2, 0.25) is 0 Å². The number of carbonyl (C=O) groups excluding carboxylic acids is 4. The van der Waals surface area contributed by atoms with Crippen molar-refractivity contribution in [3.05, 3.63) is 47.7 Å². The molecule has 0 spiro atoms. The first-order valence-electron chi connectivity index (χ1n) is 14.3. The van der Waals surface area contributed by atoms with Gasteiger partial charge in [-0.3, -0.25) is 29.2 Å². The van der Waals surface area contributed by atoms with Gasteiger partial charge in [0, 0.05) is 11.9 Å². The summed E-state index contributed by atoms with van der Waals surface area (Å²) in [4.78, 5) is 55.0. The summed E-state index contributed by atoms with van der Waals surface area (Å²) < 4.78 is 10.7. The third kappa shape index (κ3) is 8.83. The molecule has 2 aromatic rings. The number of hydrazine groups is 1. The summed E-state index contributed by atoms with van der Waals surface area (Å²) >= 11 is 0. The van der Waals surface area contributed by atoms with Crippen molar-refractivity contribution in [2.24, 2.45) is 0 Å². The fourth-order valence-corrected chi connectivity index (χ4v) is 4.87. The molecular weight excluding hydrogens is 538 g/mol. The number of hydrogen-bond acceptors (Lipinski definition) is 8.